The fourth-order valence-electron chi connectivity index (χ4n) is 2.03. The van der Waals surface area contributed by atoms with Crippen molar-refractivity contribution >= 4 is 23.4 Å². The molecule has 0 atom stereocenters. The van der Waals surface area contributed by atoms with Gasteiger partial charge in [-0.05, 0) is 42.8 Å². The van der Waals surface area contributed by atoms with Crippen LogP contribution in [-0.2, 0) is 6.54 Å². The van der Waals surface area contributed by atoms with Crippen molar-refractivity contribution in [3.8, 4) is 0 Å². The summed E-state index contributed by atoms with van der Waals surface area (Å²) in [6, 6.07) is 11.9. The van der Waals surface area contributed by atoms with Crippen molar-refractivity contribution in [1.82, 2.24) is 9.88 Å². The topological polar surface area (TPSA) is 68.4 Å². The van der Waals surface area contributed by atoms with Crippen LogP contribution in [0.1, 0.15) is 22.6 Å². The molecule has 0 aliphatic rings. The molecule has 2 aromatic rings. The van der Waals surface area contributed by atoms with Crippen molar-refractivity contribution in [1.29, 1.82) is 0 Å². The van der Waals surface area contributed by atoms with Gasteiger partial charge in [-0.1, -0.05) is 0 Å². The molecule has 0 bridgehead atoms. The minimum atomic E-state index is -0.0273. The van der Waals surface area contributed by atoms with Gasteiger partial charge < -0.3 is 20.3 Å². The number of thioether (sulfide) groups is 1. The Balaban J connectivity index is 1.85. The van der Waals surface area contributed by atoms with Gasteiger partial charge in [0.05, 0.1) is 6.54 Å². The van der Waals surface area contributed by atoms with Crippen LogP contribution in [0.2, 0.25) is 0 Å². The summed E-state index contributed by atoms with van der Waals surface area (Å²) in [4.78, 5) is 17.7. The molecule has 3 N–H and O–H groups in total. The predicted octanol–water partition coefficient (Wildman–Crippen LogP) is 2.80. The Bertz CT molecular complexity index is 623. The first-order chi connectivity index (χ1) is 11.1. The first kappa shape index (κ1) is 17.4. The van der Waals surface area contributed by atoms with Crippen LogP contribution in [0.4, 0.5) is 5.69 Å². The lowest BCUT2D eigenvalue weighted by atomic mass is 10.3. The quantitative estimate of drug-likeness (QED) is 0.513. The fourth-order valence-corrected chi connectivity index (χ4v) is 2.87. The van der Waals surface area contributed by atoms with Crippen molar-refractivity contribution in [3.63, 3.8) is 0 Å². The second kappa shape index (κ2) is 8.64. The van der Waals surface area contributed by atoms with Gasteiger partial charge in [-0.25, -0.2) is 0 Å². The Kier molecular flexibility index (Phi) is 6.55. The molecule has 0 fully saturated rings. The van der Waals surface area contributed by atoms with E-state index in [-0.39, 0.29) is 12.5 Å². The minimum absolute atomic E-state index is 0.0273. The number of hydrogen-bond donors (Lipinski definition) is 3. The van der Waals surface area contributed by atoms with E-state index in [4.69, 9.17) is 5.11 Å². The first-order valence-corrected chi connectivity index (χ1v) is 8.56. The van der Waals surface area contributed by atoms with Crippen LogP contribution in [0, 0.1) is 0 Å². The molecule has 6 heteroatoms. The Hall–Kier alpha value is -1.92. The second-order valence-corrected chi connectivity index (χ2v) is 6.57. The zero-order chi connectivity index (χ0) is 16.7. The highest BCUT2D eigenvalue weighted by molar-refractivity contribution is 7.99. The zero-order valence-electron chi connectivity index (χ0n) is 13.5. The smallest absolute Gasteiger partial charge is 0.269 e. The number of anilines is 1. The van der Waals surface area contributed by atoms with Crippen LogP contribution in [0.5, 0.6) is 0 Å². The highest BCUT2D eigenvalue weighted by Gasteiger charge is 2.09. The standard InChI is InChI=1S/C17H23N3O2S/c1-20(2)17(22)16-9-6-14(19-16)12-18-13-4-7-15(8-5-13)23-11-3-10-21/h4-9,18-19,21H,3,10-12H2,1-2H3. The Morgan fingerprint density at radius 1 is 1.22 bits per heavy atom. The molecule has 1 amide bonds. The molecular formula is C17H23N3O2S. The van der Waals surface area contributed by atoms with Crippen molar-refractivity contribution in [3.05, 3.63) is 47.8 Å². The van der Waals surface area contributed by atoms with Crippen LogP contribution in [0.15, 0.2) is 41.3 Å². The van der Waals surface area contributed by atoms with Crippen molar-refractivity contribution in [2.75, 3.05) is 31.8 Å². The highest BCUT2D eigenvalue weighted by atomic mass is 32.2. The average Bonchev–Trinajstić information content (AvgIpc) is 3.02. The van der Waals surface area contributed by atoms with Gasteiger partial charge in [0.25, 0.3) is 5.91 Å². The molecule has 0 saturated heterocycles. The number of H-pyrrole nitrogens is 1. The van der Waals surface area contributed by atoms with E-state index >= 15 is 0 Å². The van der Waals surface area contributed by atoms with E-state index in [0.717, 1.165) is 23.6 Å². The number of carbonyl (C=O) groups excluding carboxylic acids is 1. The predicted molar refractivity (Wildman–Crippen MR) is 95.0 cm³/mol. The summed E-state index contributed by atoms with van der Waals surface area (Å²) in [5, 5.41) is 12.1. The molecule has 0 aliphatic heterocycles. The number of amides is 1. The van der Waals surface area contributed by atoms with Gasteiger partial charge in [0.15, 0.2) is 0 Å². The molecule has 1 aromatic heterocycles. The van der Waals surface area contributed by atoms with Gasteiger partial charge in [0.1, 0.15) is 5.69 Å². The number of carbonyl (C=O) groups is 1. The van der Waals surface area contributed by atoms with Crippen LogP contribution in [0.3, 0.4) is 0 Å². The first-order valence-electron chi connectivity index (χ1n) is 7.57. The lowest BCUT2D eigenvalue weighted by molar-refractivity contribution is 0.0822. The summed E-state index contributed by atoms with van der Waals surface area (Å²) in [5.41, 5.74) is 2.60. The molecule has 23 heavy (non-hydrogen) atoms. The van der Waals surface area contributed by atoms with Gasteiger partial charge in [0.2, 0.25) is 0 Å². The maximum atomic E-state index is 11.8. The zero-order valence-corrected chi connectivity index (χ0v) is 14.3. The Labute approximate surface area is 141 Å². The van der Waals surface area contributed by atoms with E-state index in [1.165, 1.54) is 4.90 Å². The maximum absolute atomic E-state index is 11.8. The molecule has 5 nitrogen and oxygen atoms in total. The van der Waals surface area contributed by atoms with E-state index in [1.54, 1.807) is 36.8 Å². The summed E-state index contributed by atoms with van der Waals surface area (Å²) in [5.74, 6) is 0.898. The van der Waals surface area contributed by atoms with E-state index in [2.05, 4.69) is 22.4 Å². The lowest BCUT2D eigenvalue weighted by Crippen LogP contribution is -2.22. The van der Waals surface area contributed by atoms with E-state index in [1.807, 2.05) is 18.2 Å². The molecule has 0 spiro atoms. The third kappa shape index (κ3) is 5.33. The molecular weight excluding hydrogens is 310 g/mol. The molecule has 2 rings (SSSR count). The van der Waals surface area contributed by atoms with E-state index in [9.17, 15) is 4.79 Å². The van der Waals surface area contributed by atoms with Crippen LogP contribution in [0.25, 0.3) is 0 Å². The number of nitrogens with one attached hydrogen (secondary N) is 2. The van der Waals surface area contributed by atoms with Gasteiger partial charge in [-0.2, -0.15) is 0 Å². The number of aliphatic hydroxyl groups excluding tert-OH is 1. The average molecular weight is 333 g/mol. The van der Waals surface area contributed by atoms with Gasteiger partial charge in [-0.15, -0.1) is 11.8 Å². The summed E-state index contributed by atoms with van der Waals surface area (Å²) >= 11 is 1.74. The monoisotopic (exact) mass is 333 g/mol. The third-order valence-corrected chi connectivity index (χ3v) is 4.39. The minimum Gasteiger partial charge on any atom is -0.396 e. The number of aromatic nitrogens is 1. The van der Waals surface area contributed by atoms with E-state index in [0.29, 0.717) is 12.2 Å². The molecule has 0 radical (unpaired) electrons. The summed E-state index contributed by atoms with van der Waals surface area (Å²) in [6.45, 7) is 0.874. The van der Waals surface area contributed by atoms with Crippen LogP contribution in [-0.4, -0.2) is 47.4 Å². The van der Waals surface area contributed by atoms with Crippen molar-refractivity contribution < 1.29 is 9.90 Å². The van der Waals surface area contributed by atoms with Gasteiger partial charge in [0, 0.05) is 42.7 Å². The number of rotatable bonds is 8. The molecule has 0 unspecified atom stereocenters. The number of benzene rings is 1. The highest BCUT2D eigenvalue weighted by Crippen LogP contribution is 2.21. The van der Waals surface area contributed by atoms with Crippen molar-refractivity contribution in [2.24, 2.45) is 0 Å². The molecule has 0 aliphatic carbocycles. The number of aliphatic hydroxyl groups is 1. The Morgan fingerprint density at radius 2 is 1.96 bits per heavy atom. The molecule has 0 saturated carbocycles. The van der Waals surface area contributed by atoms with Crippen LogP contribution >= 0.6 is 11.8 Å². The van der Waals surface area contributed by atoms with Crippen LogP contribution < -0.4 is 5.32 Å². The number of hydrogen-bond acceptors (Lipinski definition) is 4. The molecule has 1 heterocycles. The molecule has 1 aromatic carbocycles. The lowest BCUT2D eigenvalue weighted by Gasteiger charge is -2.08. The fraction of sp³-hybridized carbons (Fsp3) is 0.353. The van der Waals surface area contributed by atoms with Gasteiger partial charge >= 0.3 is 0 Å². The number of nitrogens with zero attached hydrogens (tertiary/aromatic N) is 1. The summed E-state index contributed by atoms with van der Waals surface area (Å²) in [7, 11) is 3.47. The number of aromatic amines is 1. The van der Waals surface area contributed by atoms with Gasteiger partial charge in [-0.3, -0.25) is 4.79 Å². The summed E-state index contributed by atoms with van der Waals surface area (Å²) < 4.78 is 0. The Morgan fingerprint density at radius 3 is 2.61 bits per heavy atom. The SMILES string of the molecule is CN(C)C(=O)c1ccc(CNc2ccc(SCCCO)cc2)[nH]1. The second-order valence-electron chi connectivity index (χ2n) is 5.40. The third-order valence-electron chi connectivity index (χ3n) is 3.29. The van der Waals surface area contributed by atoms with Crippen molar-refractivity contribution in [2.45, 2.75) is 17.9 Å². The largest absolute Gasteiger partial charge is 0.396 e. The maximum Gasteiger partial charge on any atom is 0.269 e. The molecule has 124 valence electrons. The summed E-state index contributed by atoms with van der Waals surface area (Å²) in [6.07, 6.45) is 0.811. The van der Waals surface area contributed by atoms with E-state index < -0.39 is 0 Å². The normalized spacial score (nSPS) is 10.6.